The average Bonchev–Trinajstić information content (AvgIpc) is 0.722. The van der Waals surface area contributed by atoms with Crippen LogP contribution in [0, 0.1) is 0 Å². The summed E-state index contributed by atoms with van der Waals surface area (Å²) in [5, 5.41) is 0. The molecule has 0 saturated carbocycles. The summed E-state index contributed by atoms with van der Waals surface area (Å²) in [6.07, 6.45) is 0. The zero-order valence-electron chi connectivity index (χ0n) is 2.70. The Labute approximate surface area is 96.5 Å². The van der Waals surface area contributed by atoms with Gasteiger partial charge in [-0.2, -0.15) is 0 Å². The van der Waals surface area contributed by atoms with Gasteiger partial charge in [-0.05, 0) is 0 Å². The normalized spacial score (nSPS) is 7.50. The maximum absolute atomic E-state index is 7.33. The third-order valence-corrected chi connectivity index (χ3v) is 0. The van der Waals surface area contributed by atoms with E-state index in [1.54, 1.807) is 0 Å². The number of hydrogen-bond donors (Lipinski definition) is 4. The Kier molecular flexibility index (Phi) is 25.3. The fourth-order valence-electron chi connectivity index (χ4n) is 0. The molecule has 8 heavy (non-hydrogen) atoms. The predicted octanol–water partition coefficient (Wildman–Crippen LogP) is -4.29. The summed E-state index contributed by atoms with van der Waals surface area (Å²) in [7, 11) is -4.61. The molecule has 0 amide bonds. The van der Waals surface area contributed by atoms with Crippen molar-refractivity contribution in [3.8, 4) is 0 Å². The van der Waals surface area contributed by atoms with Gasteiger partial charge in [-0.1, -0.05) is 0 Å². The Morgan fingerprint density at radius 1 is 0.875 bits per heavy atom. The van der Waals surface area contributed by atoms with E-state index < -0.39 is 9.05 Å². The van der Waals surface area contributed by atoms with Crippen LogP contribution in [-0.2, 0) is 0 Å². The van der Waals surface area contributed by atoms with Crippen LogP contribution in [-0.4, -0.2) is 85.5 Å². The number of rotatable bonds is 0. The Bertz CT molecular complexity index is 31.5. The van der Waals surface area contributed by atoms with E-state index in [4.69, 9.17) is 19.2 Å². The van der Waals surface area contributed by atoms with E-state index >= 15 is 0 Å². The molecule has 0 rings (SSSR count). The summed E-state index contributed by atoms with van der Waals surface area (Å²) in [6, 6.07) is 0. The molecule has 50 valence electrons. The van der Waals surface area contributed by atoms with Crippen molar-refractivity contribution < 1.29 is 19.2 Å². The summed E-state index contributed by atoms with van der Waals surface area (Å²) in [5.74, 6) is 0. The van der Waals surface area contributed by atoms with Gasteiger partial charge in [0.05, 0.1) is 8.41 Å². The summed E-state index contributed by atoms with van der Waals surface area (Å²) in [5.41, 5.74) is 0. The van der Waals surface area contributed by atoms with E-state index in [-0.39, 0.29) is 69.7 Å². The van der Waals surface area contributed by atoms with Gasteiger partial charge in [0, 0.05) is 0 Å². The van der Waals surface area contributed by atoms with Crippen LogP contribution in [0.5, 0.6) is 0 Å². The van der Waals surface area contributed by atoms with Gasteiger partial charge in [0.2, 0.25) is 0 Å². The number of halogens is 1. The zero-order chi connectivity index (χ0) is 4.50. The van der Waals surface area contributed by atoms with Crippen LogP contribution in [0.1, 0.15) is 0 Å². The topological polar surface area (TPSA) is 80.9 Å². The predicted molar refractivity (Wildman–Crippen MR) is 40.4 cm³/mol. The van der Waals surface area contributed by atoms with Gasteiger partial charge in [0.25, 0.3) is 0 Å². The van der Waals surface area contributed by atoms with Gasteiger partial charge in [-0.25, -0.2) is 0 Å². The molecule has 0 aromatic carbocycles. The van der Waals surface area contributed by atoms with E-state index in [2.05, 4.69) is 0 Å². The van der Waals surface area contributed by atoms with Crippen LogP contribution >= 0.6 is 12.4 Å². The monoisotopic (exact) mass is 286 g/mol. The molecule has 0 spiro atoms. The van der Waals surface area contributed by atoms with Crippen LogP contribution in [0.15, 0.2) is 0 Å². The molecule has 0 heterocycles. The van der Waals surface area contributed by atoms with Crippen molar-refractivity contribution in [1.29, 1.82) is 0 Å². The quantitative estimate of drug-likeness (QED) is 0.340. The first-order valence-electron chi connectivity index (χ1n) is 0.894. The van der Waals surface area contributed by atoms with Gasteiger partial charge >= 0.3 is 57.9 Å². The molecule has 0 fully saturated rings. The van der Waals surface area contributed by atoms with Crippen molar-refractivity contribution in [2.24, 2.45) is 0 Å². The maximum atomic E-state index is 7.33. The van der Waals surface area contributed by atoms with E-state index in [0.717, 1.165) is 0 Å². The zero-order valence-corrected chi connectivity index (χ0v) is 4.51. The molecule has 0 atom stereocenters. The van der Waals surface area contributed by atoms with Crippen molar-refractivity contribution in [3.63, 3.8) is 0 Å². The first kappa shape index (κ1) is 22.5. The Hall–Kier alpha value is 1.98. The Morgan fingerprint density at radius 3 is 0.875 bits per heavy atom. The number of hydrogen-bond acceptors (Lipinski definition) is 4. The molecule has 4 nitrogen and oxygen atoms in total. The molecule has 0 saturated heterocycles. The molecule has 8 heteroatoms. The van der Waals surface area contributed by atoms with Crippen LogP contribution in [0.2, 0.25) is 0 Å². The molecule has 0 radical (unpaired) electrons. The van der Waals surface area contributed by atoms with Gasteiger partial charge in [0.15, 0.2) is 0 Å². The van der Waals surface area contributed by atoms with Crippen molar-refractivity contribution in [3.05, 3.63) is 0 Å². The second-order valence-corrected chi connectivity index (χ2v) is 1.80. The van der Waals surface area contributed by atoms with E-state index in [1.807, 2.05) is 0 Å². The van der Waals surface area contributed by atoms with Gasteiger partial charge in [-0.3, -0.25) is 0 Å². The van der Waals surface area contributed by atoms with Crippen LogP contribution in [0.3, 0.4) is 0 Å². The van der Waals surface area contributed by atoms with E-state index in [1.165, 1.54) is 0 Å². The molecular weight excluding hydrogens is 276 g/mol. The van der Waals surface area contributed by atoms with Gasteiger partial charge in [0.1, 0.15) is 0 Å². The molecule has 0 aliphatic rings. The molecular formula is H10BBaClO4Si. The first-order chi connectivity index (χ1) is 2.00. The van der Waals surface area contributed by atoms with Crippen molar-refractivity contribution in [2.45, 2.75) is 0 Å². The molecule has 0 bridgehead atoms. The average molecular weight is 286 g/mol. The SMILES string of the molecule is B.Cl.O[Si](O)(O)O.[BaH2]. The molecule has 0 aliphatic heterocycles. The second kappa shape index (κ2) is 8.98. The van der Waals surface area contributed by atoms with E-state index in [0.29, 0.717) is 0 Å². The van der Waals surface area contributed by atoms with Crippen LogP contribution < -0.4 is 0 Å². The Balaban J connectivity index is -0.0000000267. The minimum atomic E-state index is -4.61. The second-order valence-electron chi connectivity index (χ2n) is 0.600. The summed E-state index contributed by atoms with van der Waals surface area (Å²) < 4.78 is 0. The van der Waals surface area contributed by atoms with Crippen molar-refractivity contribution in [1.82, 2.24) is 0 Å². The molecule has 0 aromatic heterocycles. The molecule has 0 unspecified atom stereocenters. The third kappa shape index (κ3) is 99.0. The summed E-state index contributed by atoms with van der Waals surface area (Å²) in [6.45, 7) is 0. The van der Waals surface area contributed by atoms with Gasteiger partial charge < -0.3 is 19.2 Å². The van der Waals surface area contributed by atoms with Gasteiger partial charge in [-0.15, -0.1) is 12.4 Å². The molecule has 0 aromatic rings. The van der Waals surface area contributed by atoms with Crippen LogP contribution in [0.4, 0.5) is 0 Å². The standard InChI is InChI=1S/BH3.Ba.ClH.H4O4Si.2H/c;;;1-5(2,3)4;;/h1H3;;1H;1-4H;;. The molecule has 0 aliphatic carbocycles. The minimum absolute atomic E-state index is 0. The van der Waals surface area contributed by atoms with Crippen molar-refractivity contribution >= 4 is 78.7 Å². The first-order valence-corrected chi connectivity index (χ1v) is 2.68. The van der Waals surface area contributed by atoms with Crippen LogP contribution in [0.25, 0.3) is 0 Å². The van der Waals surface area contributed by atoms with E-state index in [9.17, 15) is 0 Å². The fourth-order valence-corrected chi connectivity index (χ4v) is 0. The Morgan fingerprint density at radius 2 is 0.875 bits per heavy atom. The third-order valence-electron chi connectivity index (χ3n) is 0. The summed E-state index contributed by atoms with van der Waals surface area (Å²) >= 11 is 0. The fraction of sp³-hybridized carbons (Fsp3) is 0. The molecule has 4 N–H and O–H groups in total. The van der Waals surface area contributed by atoms with Crippen molar-refractivity contribution in [2.75, 3.05) is 0 Å². The summed E-state index contributed by atoms with van der Waals surface area (Å²) in [4.78, 5) is 29.3.